The van der Waals surface area contributed by atoms with E-state index in [1.54, 1.807) is 30.9 Å². The van der Waals surface area contributed by atoms with Crippen LogP contribution >= 0.6 is 0 Å². The molecule has 0 spiro atoms. The highest BCUT2D eigenvalue weighted by Gasteiger charge is 2.37. The van der Waals surface area contributed by atoms with Crippen LogP contribution in [0.2, 0.25) is 5.82 Å². The summed E-state index contributed by atoms with van der Waals surface area (Å²) in [6.45, 7) is 0.544. The molecular formula is C16H17BN2O5. The van der Waals surface area contributed by atoms with E-state index in [1.807, 2.05) is 4.57 Å². The van der Waals surface area contributed by atoms with E-state index in [9.17, 15) is 19.7 Å². The van der Waals surface area contributed by atoms with E-state index in [2.05, 4.69) is 4.98 Å². The van der Waals surface area contributed by atoms with Crippen LogP contribution in [0.4, 0.5) is 0 Å². The summed E-state index contributed by atoms with van der Waals surface area (Å²) in [6, 6.07) is 4.84. The number of aromatic nitrogens is 2. The Morgan fingerprint density at radius 2 is 2.25 bits per heavy atom. The lowest BCUT2D eigenvalue weighted by Gasteiger charge is -2.28. The van der Waals surface area contributed by atoms with Gasteiger partial charge in [0.25, 0.3) is 0 Å². The molecule has 1 aromatic heterocycles. The van der Waals surface area contributed by atoms with Gasteiger partial charge in [-0.1, -0.05) is 12.1 Å². The number of carbonyl (C=O) groups is 2. The van der Waals surface area contributed by atoms with Crippen LogP contribution in [-0.2, 0) is 17.8 Å². The van der Waals surface area contributed by atoms with E-state index in [4.69, 9.17) is 4.65 Å². The van der Waals surface area contributed by atoms with Crippen LogP contribution in [0, 0.1) is 0 Å². The Balaban J connectivity index is 1.64. The Labute approximate surface area is 139 Å². The van der Waals surface area contributed by atoms with Crippen LogP contribution in [0.15, 0.2) is 36.9 Å². The second kappa shape index (κ2) is 6.88. The molecule has 0 bridgehead atoms. The van der Waals surface area contributed by atoms with Crippen molar-refractivity contribution in [2.75, 3.05) is 0 Å². The standard InChI is InChI=1S/C16H17BN2O5/c20-13(4-6-19-7-5-18-10-19)9-12-8-11-2-1-3-14(16(21)22)15(11)24-17(12)23/h1-3,5,7,10,12,23H,4,6,8-9H2,(H,21,22)/t12-/m1/s1. The van der Waals surface area contributed by atoms with Gasteiger partial charge in [0.05, 0.1) is 11.9 Å². The molecule has 0 radical (unpaired) electrons. The molecule has 124 valence electrons. The third kappa shape index (κ3) is 3.49. The molecular weight excluding hydrogens is 311 g/mol. The topological polar surface area (TPSA) is 102 Å². The highest BCUT2D eigenvalue weighted by Crippen LogP contribution is 2.36. The first-order chi connectivity index (χ1) is 11.5. The Morgan fingerprint density at radius 3 is 2.96 bits per heavy atom. The van der Waals surface area contributed by atoms with Gasteiger partial charge in [-0.2, -0.15) is 0 Å². The van der Waals surface area contributed by atoms with Gasteiger partial charge in [-0.25, -0.2) is 9.78 Å². The number of benzene rings is 1. The minimum atomic E-state index is -1.19. The molecule has 0 unspecified atom stereocenters. The molecule has 2 heterocycles. The maximum atomic E-state index is 12.1. The molecule has 1 aromatic carbocycles. The lowest BCUT2D eigenvalue weighted by Crippen LogP contribution is -2.35. The van der Waals surface area contributed by atoms with Crippen molar-refractivity contribution in [2.24, 2.45) is 0 Å². The van der Waals surface area contributed by atoms with Crippen LogP contribution in [0.5, 0.6) is 5.75 Å². The Morgan fingerprint density at radius 1 is 1.42 bits per heavy atom. The largest absolute Gasteiger partial charge is 0.535 e. The van der Waals surface area contributed by atoms with Crippen LogP contribution < -0.4 is 4.65 Å². The lowest BCUT2D eigenvalue weighted by atomic mass is 9.64. The number of ketones is 1. The smallest absolute Gasteiger partial charge is 0.526 e. The minimum absolute atomic E-state index is 0.0224. The van der Waals surface area contributed by atoms with Crippen molar-refractivity contribution in [2.45, 2.75) is 31.6 Å². The molecule has 24 heavy (non-hydrogen) atoms. The summed E-state index contributed by atoms with van der Waals surface area (Å²) in [6.07, 6.45) is 6.04. The number of carboxylic acids is 1. The molecule has 0 aliphatic carbocycles. The second-order valence-corrected chi connectivity index (χ2v) is 5.86. The summed E-state index contributed by atoms with van der Waals surface area (Å²) >= 11 is 0. The summed E-state index contributed by atoms with van der Waals surface area (Å²) in [5.41, 5.74) is 0.726. The van der Waals surface area contributed by atoms with Crippen LogP contribution in [0.25, 0.3) is 0 Å². The number of fused-ring (bicyclic) bond motifs is 1. The van der Waals surface area contributed by atoms with Gasteiger partial charge < -0.3 is 19.4 Å². The number of carbonyl (C=O) groups excluding carboxylic acids is 1. The average Bonchev–Trinajstić information content (AvgIpc) is 3.06. The number of Topliss-reactive ketones (excluding diaryl/α,β-unsaturated/α-hetero) is 1. The number of rotatable bonds is 6. The number of aromatic carboxylic acids is 1. The molecule has 0 saturated heterocycles. The monoisotopic (exact) mass is 328 g/mol. The van der Waals surface area contributed by atoms with Gasteiger partial charge in [0, 0.05) is 37.6 Å². The zero-order chi connectivity index (χ0) is 17.1. The number of imidazole rings is 1. The van der Waals surface area contributed by atoms with Crippen LogP contribution in [0.3, 0.4) is 0 Å². The Kier molecular flexibility index (Phi) is 4.66. The van der Waals surface area contributed by atoms with Crippen molar-refractivity contribution >= 4 is 18.9 Å². The summed E-state index contributed by atoms with van der Waals surface area (Å²) in [5.74, 6) is -1.26. The highest BCUT2D eigenvalue weighted by molar-refractivity contribution is 6.47. The highest BCUT2D eigenvalue weighted by atomic mass is 16.5. The van der Waals surface area contributed by atoms with Gasteiger partial charge in [0.2, 0.25) is 0 Å². The van der Waals surface area contributed by atoms with Gasteiger partial charge in [0.15, 0.2) is 0 Å². The fourth-order valence-corrected chi connectivity index (χ4v) is 2.89. The van der Waals surface area contributed by atoms with E-state index >= 15 is 0 Å². The molecule has 1 atom stereocenters. The van der Waals surface area contributed by atoms with Crippen molar-refractivity contribution in [1.82, 2.24) is 9.55 Å². The second-order valence-electron chi connectivity index (χ2n) is 5.86. The van der Waals surface area contributed by atoms with Gasteiger partial charge in [-0.05, 0) is 18.1 Å². The zero-order valence-corrected chi connectivity index (χ0v) is 13.0. The first-order valence-corrected chi connectivity index (χ1v) is 7.72. The van der Waals surface area contributed by atoms with Crippen molar-refractivity contribution in [3.63, 3.8) is 0 Å². The summed E-state index contributed by atoms with van der Waals surface area (Å²) < 4.78 is 7.21. The molecule has 2 aromatic rings. The normalized spacial score (nSPS) is 16.4. The fraction of sp³-hybridized carbons (Fsp3) is 0.312. The predicted octanol–water partition coefficient (Wildman–Crippen LogP) is 1.42. The summed E-state index contributed by atoms with van der Waals surface area (Å²) in [7, 11) is -1.19. The number of hydrogen-bond donors (Lipinski definition) is 2. The number of nitrogens with zero attached hydrogens (tertiary/aromatic N) is 2. The third-order valence-electron chi connectivity index (χ3n) is 4.15. The van der Waals surface area contributed by atoms with Crippen LogP contribution in [-0.4, -0.2) is 38.6 Å². The molecule has 3 rings (SSSR count). The molecule has 1 aliphatic rings. The molecule has 0 fully saturated rings. The zero-order valence-electron chi connectivity index (χ0n) is 13.0. The SMILES string of the molecule is O=C(CCn1ccnc1)C[C@H]1Cc2cccc(C(=O)O)c2OB1O. The average molecular weight is 328 g/mol. The van der Waals surface area contributed by atoms with Crippen molar-refractivity contribution in [1.29, 1.82) is 0 Å². The summed E-state index contributed by atoms with van der Waals surface area (Å²) in [5, 5.41) is 19.3. The fourth-order valence-electron chi connectivity index (χ4n) is 2.89. The van der Waals surface area contributed by atoms with E-state index < -0.39 is 13.1 Å². The lowest BCUT2D eigenvalue weighted by molar-refractivity contribution is -0.119. The van der Waals surface area contributed by atoms with Gasteiger partial charge in [-0.3, -0.25) is 4.79 Å². The van der Waals surface area contributed by atoms with Crippen LogP contribution in [0.1, 0.15) is 28.8 Å². The van der Waals surface area contributed by atoms with Crippen molar-refractivity contribution in [3.05, 3.63) is 48.0 Å². The first kappa shape index (κ1) is 16.3. The Hall–Kier alpha value is -2.61. The molecule has 2 N–H and O–H groups in total. The van der Waals surface area contributed by atoms with E-state index in [1.165, 1.54) is 6.07 Å². The van der Waals surface area contributed by atoms with Gasteiger partial charge >= 0.3 is 13.1 Å². The quantitative estimate of drug-likeness (QED) is 0.778. The maximum Gasteiger partial charge on any atom is 0.526 e. The number of para-hydroxylation sites is 1. The number of aryl methyl sites for hydroxylation is 1. The maximum absolute atomic E-state index is 12.1. The predicted molar refractivity (Wildman–Crippen MR) is 85.9 cm³/mol. The van der Waals surface area contributed by atoms with E-state index in [0.717, 1.165) is 0 Å². The minimum Gasteiger partial charge on any atom is -0.535 e. The molecule has 7 nitrogen and oxygen atoms in total. The molecule has 0 amide bonds. The number of hydrogen-bond acceptors (Lipinski definition) is 5. The van der Waals surface area contributed by atoms with Crippen molar-refractivity contribution in [3.8, 4) is 5.75 Å². The molecule has 1 aliphatic heterocycles. The molecule has 8 heteroatoms. The van der Waals surface area contributed by atoms with Crippen molar-refractivity contribution < 1.29 is 24.4 Å². The van der Waals surface area contributed by atoms with Gasteiger partial charge in [0.1, 0.15) is 11.5 Å². The third-order valence-corrected chi connectivity index (χ3v) is 4.15. The van der Waals surface area contributed by atoms with E-state index in [0.29, 0.717) is 24.9 Å². The Bertz CT molecular complexity index is 747. The molecule has 0 saturated carbocycles. The first-order valence-electron chi connectivity index (χ1n) is 7.72. The summed E-state index contributed by atoms with van der Waals surface area (Å²) in [4.78, 5) is 27.3. The van der Waals surface area contributed by atoms with Gasteiger partial charge in [-0.15, -0.1) is 0 Å². The van der Waals surface area contributed by atoms with E-state index in [-0.39, 0.29) is 29.3 Å². The number of carboxylic acid groups (broad SMARTS) is 1.